The first-order valence-corrected chi connectivity index (χ1v) is 7.83. The summed E-state index contributed by atoms with van der Waals surface area (Å²) in [5.41, 5.74) is 7.10. The maximum Gasteiger partial charge on any atom is 0.220 e. The van der Waals surface area contributed by atoms with Gasteiger partial charge >= 0.3 is 0 Å². The molecule has 1 aliphatic carbocycles. The third kappa shape index (κ3) is 4.64. The van der Waals surface area contributed by atoms with Crippen LogP contribution in [0.3, 0.4) is 0 Å². The fourth-order valence-electron chi connectivity index (χ4n) is 3.11. The van der Waals surface area contributed by atoms with Crippen molar-refractivity contribution < 1.29 is 4.79 Å². The highest BCUT2D eigenvalue weighted by Gasteiger charge is 2.24. The van der Waals surface area contributed by atoms with E-state index in [1.54, 1.807) is 0 Å². The molecule has 0 bridgehead atoms. The second kappa shape index (κ2) is 8.05. The van der Waals surface area contributed by atoms with Crippen LogP contribution in [0.4, 0.5) is 0 Å². The van der Waals surface area contributed by atoms with Crippen LogP contribution in [-0.2, 0) is 11.2 Å². The molecule has 110 valence electrons. The van der Waals surface area contributed by atoms with Crippen molar-refractivity contribution in [2.75, 3.05) is 6.54 Å². The molecule has 0 spiro atoms. The van der Waals surface area contributed by atoms with Gasteiger partial charge in [0.05, 0.1) is 0 Å². The molecule has 1 unspecified atom stereocenters. The molecule has 0 aliphatic heterocycles. The number of hydrogen-bond acceptors (Lipinski definition) is 2. The molecule has 3 N–H and O–H groups in total. The average molecular weight is 274 g/mol. The Morgan fingerprint density at radius 2 is 1.95 bits per heavy atom. The van der Waals surface area contributed by atoms with Crippen LogP contribution in [0.25, 0.3) is 0 Å². The zero-order valence-corrected chi connectivity index (χ0v) is 12.2. The van der Waals surface area contributed by atoms with Gasteiger partial charge in [-0.1, -0.05) is 43.2 Å². The Hall–Kier alpha value is -1.35. The summed E-state index contributed by atoms with van der Waals surface area (Å²) >= 11 is 0. The van der Waals surface area contributed by atoms with E-state index in [9.17, 15) is 4.79 Å². The highest BCUT2D eigenvalue weighted by Crippen LogP contribution is 2.27. The summed E-state index contributed by atoms with van der Waals surface area (Å²) in [6.07, 6.45) is 7.45. The molecule has 0 heterocycles. The number of nitrogens with one attached hydrogen (secondary N) is 1. The van der Waals surface area contributed by atoms with Crippen molar-refractivity contribution in [3.63, 3.8) is 0 Å². The lowest BCUT2D eigenvalue weighted by Gasteiger charge is -2.23. The molecule has 0 saturated heterocycles. The van der Waals surface area contributed by atoms with Crippen molar-refractivity contribution in [3.8, 4) is 0 Å². The van der Waals surface area contributed by atoms with Crippen molar-refractivity contribution >= 4 is 5.91 Å². The molecule has 1 aromatic rings. The molecule has 1 amide bonds. The van der Waals surface area contributed by atoms with E-state index in [1.165, 1.54) is 31.2 Å². The maximum atomic E-state index is 12.0. The minimum absolute atomic E-state index is 0.156. The number of hydrogen-bond donors (Lipinski definition) is 2. The number of rotatable bonds is 7. The highest BCUT2D eigenvalue weighted by atomic mass is 16.1. The number of amides is 1. The smallest absolute Gasteiger partial charge is 0.220 e. The van der Waals surface area contributed by atoms with Gasteiger partial charge in [0.15, 0.2) is 0 Å². The number of benzene rings is 1. The monoisotopic (exact) mass is 274 g/mol. The first-order valence-electron chi connectivity index (χ1n) is 7.83. The van der Waals surface area contributed by atoms with E-state index in [0.717, 1.165) is 12.8 Å². The zero-order valence-electron chi connectivity index (χ0n) is 12.2. The van der Waals surface area contributed by atoms with E-state index in [1.807, 2.05) is 18.2 Å². The summed E-state index contributed by atoms with van der Waals surface area (Å²) in [6, 6.07) is 10.5. The zero-order chi connectivity index (χ0) is 14.2. The van der Waals surface area contributed by atoms with Crippen molar-refractivity contribution in [1.82, 2.24) is 5.32 Å². The van der Waals surface area contributed by atoms with Crippen LogP contribution >= 0.6 is 0 Å². The molecule has 1 atom stereocenters. The maximum absolute atomic E-state index is 12.0. The van der Waals surface area contributed by atoms with Crippen LogP contribution < -0.4 is 11.1 Å². The third-order valence-corrected chi connectivity index (χ3v) is 4.28. The summed E-state index contributed by atoms with van der Waals surface area (Å²) in [5.74, 6) is 0.751. The first-order chi connectivity index (χ1) is 9.79. The van der Waals surface area contributed by atoms with Crippen LogP contribution in [0.15, 0.2) is 30.3 Å². The molecule has 3 heteroatoms. The molecule has 2 rings (SSSR count). The summed E-state index contributed by atoms with van der Waals surface area (Å²) in [4.78, 5) is 12.0. The van der Waals surface area contributed by atoms with Gasteiger partial charge in [-0.15, -0.1) is 0 Å². The lowest BCUT2D eigenvalue weighted by molar-refractivity contribution is -0.122. The largest absolute Gasteiger partial charge is 0.352 e. The molecule has 1 aromatic carbocycles. The lowest BCUT2D eigenvalue weighted by Crippen LogP contribution is -2.44. The predicted octanol–water partition coefficient (Wildman–Crippen LogP) is 2.64. The SMILES string of the molecule is NCC(NC(=O)CCCc1ccccc1)C1CCCC1. The number of nitrogens with two attached hydrogens (primary N) is 1. The third-order valence-electron chi connectivity index (χ3n) is 4.28. The van der Waals surface area contributed by atoms with E-state index in [-0.39, 0.29) is 11.9 Å². The van der Waals surface area contributed by atoms with Crippen LogP contribution in [0.5, 0.6) is 0 Å². The molecule has 20 heavy (non-hydrogen) atoms. The van der Waals surface area contributed by atoms with Gasteiger partial charge in [0.25, 0.3) is 0 Å². The lowest BCUT2D eigenvalue weighted by atomic mass is 9.98. The van der Waals surface area contributed by atoms with Crippen molar-refractivity contribution in [2.24, 2.45) is 11.7 Å². The van der Waals surface area contributed by atoms with E-state index in [2.05, 4.69) is 17.4 Å². The minimum Gasteiger partial charge on any atom is -0.352 e. The fraction of sp³-hybridized carbons (Fsp3) is 0.588. The van der Waals surface area contributed by atoms with Crippen LogP contribution in [-0.4, -0.2) is 18.5 Å². The second-order valence-electron chi connectivity index (χ2n) is 5.79. The van der Waals surface area contributed by atoms with E-state index in [4.69, 9.17) is 5.73 Å². The van der Waals surface area contributed by atoms with Gasteiger partial charge in [0.1, 0.15) is 0 Å². The average Bonchev–Trinajstić information content (AvgIpc) is 3.00. The molecule has 1 fully saturated rings. The van der Waals surface area contributed by atoms with Crippen molar-refractivity contribution in [3.05, 3.63) is 35.9 Å². The van der Waals surface area contributed by atoms with Gasteiger partial charge < -0.3 is 11.1 Å². The van der Waals surface area contributed by atoms with Crippen LogP contribution in [0.1, 0.15) is 44.1 Å². The molecular weight excluding hydrogens is 248 g/mol. The molecule has 3 nitrogen and oxygen atoms in total. The van der Waals surface area contributed by atoms with Gasteiger partial charge in [-0.2, -0.15) is 0 Å². The molecular formula is C17H26N2O. The molecule has 0 radical (unpaired) electrons. The normalized spacial score (nSPS) is 17.1. The Morgan fingerprint density at radius 3 is 2.60 bits per heavy atom. The summed E-state index contributed by atoms with van der Waals surface area (Å²) in [7, 11) is 0. The van der Waals surface area contributed by atoms with Crippen molar-refractivity contribution in [1.29, 1.82) is 0 Å². The number of carbonyl (C=O) groups is 1. The Labute approximate surface area is 121 Å². The van der Waals surface area contributed by atoms with Gasteiger partial charge in [-0.3, -0.25) is 4.79 Å². The van der Waals surface area contributed by atoms with Gasteiger partial charge in [0.2, 0.25) is 5.91 Å². The Bertz CT molecular complexity index is 399. The molecule has 0 aromatic heterocycles. The summed E-state index contributed by atoms with van der Waals surface area (Å²) in [5, 5.41) is 3.13. The Morgan fingerprint density at radius 1 is 1.25 bits per heavy atom. The first kappa shape index (κ1) is 15.0. The van der Waals surface area contributed by atoms with Crippen LogP contribution in [0.2, 0.25) is 0 Å². The Balaban J connectivity index is 1.69. The quantitative estimate of drug-likeness (QED) is 0.803. The second-order valence-corrected chi connectivity index (χ2v) is 5.79. The van der Waals surface area contributed by atoms with E-state index < -0.39 is 0 Å². The highest BCUT2D eigenvalue weighted by molar-refractivity contribution is 5.76. The molecule has 1 saturated carbocycles. The van der Waals surface area contributed by atoms with Crippen LogP contribution in [0, 0.1) is 5.92 Å². The topological polar surface area (TPSA) is 55.1 Å². The van der Waals surface area contributed by atoms with Crippen molar-refractivity contribution in [2.45, 2.75) is 51.0 Å². The van der Waals surface area contributed by atoms with Gasteiger partial charge in [-0.25, -0.2) is 0 Å². The standard InChI is InChI=1S/C17H26N2O/c18-13-16(15-10-4-5-11-15)19-17(20)12-6-9-14-7-2-1-3-8-14/h1-3,7-8,15-16H,4-6,9-13,18H2,(H,19,20). The summed E-state index contributed by atoms with van der Waals surface area (Å²) in [6.45, 7) is 0.565. The van der Waals surface area contributed by atoms with Gasteiger partial charge in [0, 0.05) is 19.0 Å². The summed E-state index contributed by atoms with van der Waals surface area (Å²) < 4.78 is 0. The van der Waals surface area contributed by atoms with Gasteiger partial charge in [-0.05, 0) is 37.2 Å². The fourth-order valence-corrected chi connectivity index (χ4v) is 3.11. The number of aryl methyl sites for hydroxylation is 1. The number of carbonyl (C=O) groups excluding carboxylic acids is 1. The molecule has 1 aliphatic rings. The van der Waals surface area contributed by atoms with E-state index in [0.29, 0.717) is 18.9 Å². The minimum atomic E-state index is 0.156. The Kier molecular flexibility index (Phi) is 6.06. The van der Waals surface area contributed by atoms with E-state index >= 15 is 0 Å². The predicted molar refractivity (Wildman–Crippen MR) is 82.3 cm³/mol.